The predicted octanol–water partition coefficient (Wildman–Crippen LogP) is 2.38. The van der Waals surface area contributed by atoms with Gasteiger partial charge in [-0.1, -0.05) is 30.3 Å². The zero-order chi connectivity index (χ0) is 11.7. The number of hydrogen-bond donors (Lipinski definition) is 1. The van der Waals surface area contributed by atoms with Crippen LogP contribution in [0.5, 0.6) is 0 Å². The van der Waals surface area contributed by atoms with Gasteiger partial charge in [-0.15, -0.1) is 0 Å². The third kappa shape index (κ3) is 2.24. The third-order valence-corrected chi connectivity index (χ3v) is 4.34. The summed E-state index contributed by atoms with van der Waals surface area (Å²) >= 11 is 0. The van der Waals surface area contributed by atoms with Gasteiger partial charge in [0.15, 0.2) is 0 Å². The van der Waals surface area contributed by atoms with Gasteiger partial charge in [-0.05, 0) is 37.2 Å². The number of methoxy groups -OCH3 is 1. The molecule has 2 heteroatoms. The molecule has 2 heterocycles. The highest BCUT2D eigenvalue weighted by Gasteiger charge is 2.41. The molecule has 0 aromatic heterocycles. The summed E-state index contributed by atoms with van der Waals surface area (Å²) in [6.07, 6.45) is 5.44. The highest BCUT2D eigenvalue weighted by atomic mass is 16.5. The van der Waals surface area contributed by atoms with Crippen molar-refractivity contribution < 1.29 is 4.74 Å². The molecule has 0 amide bonds. The number of hydrogen-bond acceptors (Lipinski definition) is 2. The lowest BCUT2D eigenvalue weighted by atomic mass is 9.84. The zero-order valence-electron chi connectivity index (χ0n) is 10.4. The van der Waals surface area contributed by atoms with Crippen molar-refractivity contribution >= 4 is 0 Å². The van der Waals surface area contributed by atoms with E-state index < -0.39 is 0 Å². The van der Waals surface area contributed by atoms with Crippen LogP contribution in [0.2, 0.25) is 0 Å². The second-order valence-electron chi connectivity index (χ2n) is 5.43. The van der Waals surface area contributed by atoms with Crippen molar-refractivity contribution in [3.05, 3.63) is 35.9 Å². The Morgan fingerprint density at radius 3 is 2.82 bits per heavy atom. The molecule has 2 fully saturated rings. The molecule has 2 nitrogen and oxygen atoms in total. The molecule has 0 saturated carbocycles. The lowest BCUT2D eigenvalue weighted by Gasteiger charge is -2.36. The Labute approximate surface area is 103 Å². The van der Waals surface area contributed by atoms with Crippen LogP contribution in [0.3, 0.4) is 0 Å². The topological polar surface area (TPSA) is 21.3 Å². The maximum atomic E-state index is 5.74. The van der Waals surface area contributed by atoms with Crippen molar-refractivity contribution in [2.45, 2.75) is 43.9 Å². The molecule has 2 bridgehead atoms. The van der Waals surface area contributed by atoms with Crippen molar-refractivity contribution in [1.82, 2.24) is 5.32 Å². The van der Waals surface area contributed by atoms with E-state index in [0.29, 0.717) is 18.1 Å². The quantitative estimate of drug-likeness (QED) is 0.862. The molecule has 0 unspecified atom stereocenters. The normalized spacial score (nSPS) is 36.1. The van der Waals surface area contributed by atoms with E-state index in [-0.39, 0.29) is 0 Å². The summed E-state index contributed by atoms with van der Waals surface area (Å²) in [5, 5.41) is 3.68. The first-order valence-corrected chi connectivity index (χ1v) is 6.69. The first-order chi connectivity index (χ1) is 8.36. The summed E-state index contributed by atoms with van der Waals surface area (Å²) in [7, 11) is 1.86. The van der Waals surface area contributed by atoms with E-state index in [9.17, 15) is 0 Å². The zero-order valence-corrected chi connectivity index (χ0v) is 10.4. The molecule has 0 spiro atoms. The predicted molar refractivity (Wildman–Crippen MR) is 69.0 cm³/mol. The molecule has 1 aromatic carbocycles. The molecule has 2 aliphatic rings. The summed E-state index contributed by atoms with van der Waals surface area (Å²) in [6, 6.07) is 12.1. The summed E-state index contributed by atoms with van der Waals surface area (Å²) in [5.41, 5.74) is 1.45. The molecule has 92 valence electrons. The minimum Gasteiger partial charge on any atom is -0.380 e. The van der Waals surface area contributed by atoms with Gasteiger partial charge in [-0.2, -0.15) is 0 Å². The smallest absolute Gasteiger partial charge is 0.0756 e. The van der Waals surface area contributed by atoms with Crippen LogP contribution in [0.4, 0.5) is 0 Å². The molecule has 17 heavy (non-hydrogen) atoms. The van der Waals surface area contributed by atoms with Crippen molar-refractivity contribution in [2.24, 2.45) is 5.92 Å². The minimum absolute atomic E-state index is 0.397. The van der Waals surface area contributed by atoms with Crippen LogP contribution >= 0.6 is 0 Å². The van der Waals surface area contributed by atoms with Gasteiger partial charge in [0, 0.05) is 19.2 Å². The van der Waals surface area contributed by atoms with E-state index in [0.717, 1.165) is 12.5 Å². The maximum Gasteiger partial charge on any atom is 0.0756 e. The Kier molecular flexibility index (Phi) is 3.17. The number of benzene rings is 1. The average Bonchev–Trinajstić information content (AvgIpc) is 2.74. The fourth-order valence-corrected chi connectivity index (χ4v) is 3.60. The van der Waals surface area contributed by atoms with Crippen molar-refractivity contribution in [3.63, 3.8) is 0 Å². The first-order valence-electron chi connectivity index (χ1n) is 6.69. The van der Waals surface area contributed by atoms with E-state index in [4.69, 9.17) is 4.74 Å². The fourth-order valence-electron chi connectivity index (χ4n) is 3.60. The molecular weight excluding hydrogens is 210 g/mol. The van der Waals surface area contributed by atoms with E-state index in [2.05, 4.69) is 35.6 Å². The Hall–Kier alpha value is -0.860. The van der Waals surface area contributed by atoms with E-state index in [1.165, 1.54) is 24.8 Å². The maximum absolute atomic E-state index is 5.74. The first kappa shape index (κ1) is 11.2. The summed E-state index contributed by atoms with van der Waals surface area (Å²) in [6.45, 7) is 0. The fraction of sp³-hybridized carbons (Fsp3) is 0.600. The van der Waals surface area contributed by atoms with Gasteiger partial charge in [-0.25, -0.2) is 0 Å². The second-order valence-corrected chi connectivity index (χ2v) is 5.43. The summed E-state index contributed by atoms with van der Waals surface area (Å²) in [5.74, 6) is 0.682. The largest absolute Gasteiger partial charge is 0.380 e. The third-order valence-electron chi connectivity index (χ3n) is 4.34. The molecule has 0 aliphatic carbocycles. The Morgan fingerprint density at radius 2 is 2.06 bits per heavy atom. The Bertz CT molecular complexity index is 364. The Morgan fingerprint density at radius 1 is 1.24 bits per heavy atom. The van der Waals surface area contributed by atoms with E-state index in [1.54, 1.807) is 0 Å². The minimum atomic E-state index is 0.397. The van der Waals surface area contributed by atoms with E-state index in [1.807, 2.05) is 7.11 Å². The molecule has 0 radical (unpaired) electrons. The standard InChI is InChI=1S/C15H21NO/c1-17-15-12(9-11-5-3-2-4-6-11)10-13-7-8-14(15)16-13/h2-6,12-16H,7-10H2,1H3/t12-,13-,14+,15+/m0/s1. The van der Waals surface area contributed by atoms with Crippen molar-refractivity contribution in [2.75, 3.05) is 7.11 Å². The van der Waals surface area contributed by atoms with Gasteiger partial charge in [0.1, 0.15) is 0 Å². The molecule has 1 N–H and O–H groups in total. The molecular formula is C15H21NO. The molecule has 4 atom stereocenters. The SMILES string of the molecule is CO[C@@H]1[C@@H](Cc2ccccc2)C[C@@H]2CC[C@H]1N2. The van der Waals surface area contributed by atoms with Gasteiger partial charge >= 0.3 is 0 Å². The van der Waals surface area contributed by atoms with E-state index >= 15 is 0 Å². The average molecular weight is 231 g/mol. The monoisotopic (exact) mass is 231 g/mol. The lowest BCUT2D eigenvalue weighted by Crippen LogP contribution is -2.50. The molecule has 2 aliphatic heterocycles. The Balaban J connectivity index is 1.73. The highest BCUT2D eigenvalue weighted by Crippen LogP contribution is 2.34. The van der Waals surface area contributed by atoms with Crippen LogP contribution in [-0.2, 0) is 11.2 Å². The van der Waals surface area contributed by atoms with Crippen LogP contribution in [0, 0.1) is 5.92 Å². The molecule has 1 aromatic rings. The van der Waals surface area contributed by atoms with Crippen LogP contribution in [0.1, 0.15) is 24.8 Å². The van der Waals surface area contributed by atoms with Gasteiger partial charge in [-0.3, -0.25) is 0 Å². The number of rotatable bonds is 3. The summed E-state index contributed by atoms with van der Waals surface area (Å²) in [4.78, 5) is 0. The van der Waals surface area contributed by atoms with Gasteiger partial charge in [0.05, 0.1) is 6.10 Å². The highest BCUT2D eigenvalue weighted by molar-refractivity contribution is 5.16. The number of nitrogens with one attached hydrogen (secondary N) is 1. The number of ether oxygens (including phenoxy) is 1. The van der Waals surface area contributed by atoms with Crippen LogP contribution in [0.15, 0.2) is 30.3 Å². The van der Waals surface area contributed by atoms with Gasteiger partial charge in [0.2, 0.25) is 0 Å². The van der Waals surface area contributed by atoms with Crippen molar-refractivity contribution in [3.8, 4) is 0 Å². The van der Waals surface area contributed by atoms with Crippen LogP contribution < -0.4 is 5.32 Å². The summed E-state index contributed by atoms with van der Waals surface area (Å²) < 4.78 is 5.74. The number of fused-ring (bicyclic) bond motifs is 2. The lowest BCUT2D eigenvalue weighted by molar-refractivity contribution is 0.00552. The van der Waals surface area contributed by atoms with Crippen molar-refractivity contribution in [1.29, 1.82) is 0 Å². The van der Waals surface area contributed by atoms with Crippen LogP contribution in [-0.4, -0.2) is 25.3 Å². The van der Waals surface area contributed by atoms with Gasteiger partial charge in [0.25, 0.3) is 0 Å². The number of piperidine rings is 1. The molecule has 3 rings (SSSR count). The molecule has 2 saturated heterocycles. The van der Waals surface area contributed by atoms with Gasteiger partial charge < -0.3 is 10.1 Å². The second kappa shape index (κ2) is 4.79. The van der Waals surface area contributed by atoms with Crippen LogP contribution in [0.25, 0.3) is 0 Å².